The summed E-state index contributed by atoms with van der Waals surface area (Å²) in [4.78, 5) is 66.6. The van der Waals surface area contributed by atoms with Gasteiger partial charge < -0.3 is 25.0 Å². The van der Waals surface area contributed by atoms with E-state index in [1.54, 1.807) is 12.1 Å². The molecule has 1 atom stereocenters. The zero-order valence-corrected chi connectivity index (χ0v) is 24.5. The van der Waals surface area contributed by atoms with Gasteiger partial charge in [0.1, 0.15) is 11.7 Å². The molecule has 5 rings (SSSR count). The molecule has 0 radical (unpaired) electrons. The number of hydrogen-bond acceptors (Lipinski definition) is 7. The Morgan fingerprint density at radius 3 is 2.24 bits per heavy atom. The van der Waals surface area contributed by atoms with Gasteiger partial charge in [-0.3, -0.25) is 29.3 Å². The Kier molecular flexibility index (Phi) is 8.28. The largest absolute Gasteiger partial charge is 0.471 e. The highest BCUT2D eigenvalue weighted by atomic mass is 79.9. The van der Waals surface area contributed by atoms with Crippen LogP contribution in [0.15, 0.2) is 51.7 Å². The van der Waals surface area contributed by atoms with E-state index in [2.05, 4.69) is 26.2 Å². The van der Waals surface area contributed by atoms with Crippen molar-refractivity contribution in [2.45, 2.75) is 18.1 Å². The number of nitro benzene ring substituents is 1. The third kappa shape index (κ3) is 6.31. The quantitative estimate of drug-likeness (QED) is 0.235. The second-order valence-corrected chi connectivity index (χ2v) is 11.3. The number of nitrogens with one attached hydrogen (secondary N) is 2. The van der Waals surface area contributed by atoms with Crippen LogP contribution in [0.1, 0.15) is 20.7 Å². The summed E-state index contributed by atoms with van der Waals surface area (Å²) >= 11 is 3.06. The second kappa shape index (κ2) is 11.7. The fourth-order valence-corrected chi connectivity index (χ4v) is 5.78. The summed E-state index contributed by atoms with van der Waals surface area (Å²) in [7, 11) is 0. The number of amides is 3. The molecule has 1 aromatic heterocycles. The smallest absolute Gasteiger partial charge is 0.369 e. The van der Waals surface area contributed by atoms with Crippen LogP contribution < -0.4 is 10.9 Å². The number of piperazine rings is 1. The van der Waals surface area contributed by atoms with E-state index in [1.807, 2.05) is 0 Å². The summed E-state index contributed by atoms with van der Waals surface area (Å²) in [6.07, 6.45) is -5.11. The van der Waals surface area contributed by atoms with Crippen LogP contribution in [0.3, 0.4) is 0 Å². The van der Waals surface area contributed by atoms with Gasteiger partial charge in [-0.05, 0) is 12.1 Å². The van der Waals surface area contributed by atoms with Crippen molar-refractivity contribution in [3.63, 3.8) is 0 Å². The van der Waals surface area contributed by atoms with Gasteiger partial charge in [-0.25, -0.2) is 8.78 Å². The number of benzene rings is 2. The van der Waals surface area contributed by atoms with Gasteiger partial charge in [0.2, 0.25) is 5.56 Å². The van der Waals surface area contributed by atoms with Crippen molar-refractivity contribution in [3.8, 4) is 0 Å². The van der Waals surface area contributed by atoms with Crippen LogP contribution in [0.25, 0.3) is 10.9 Å². The molecule has 2 saturated heterocycles. The van der Waals surface area contributed by atoms with Gasteiger partial charge in [-0.15, -0.1) is 0 Å². The zero-order valence-electron chi connectivity index (χ0n) is 22.9. The molecule has 0 aliphatic carbocycles. The lowest BCUT2D eigenvalue weighted by molar-refractivity contribution is -0.384. The van der Waals surface area contributed by atoms with E-state index in [-0.39, 0.29) is 23.1 Å². The van der Waals surface area contributed by atoms with Crippen LogP contribution in [0.4, 0.5) is 33.3 Å². The van der Waals surface area contributed by atoms with Crippen molar-refractivity contribution in [2.24, 2.45) is 0 Å². The molecule has 238 valence electrons. The molecule has 2 aromatic carbocycles. The molecule has 2 N–H and O–H groups in total. The van der Waals surface area contributed by atoms with Gasteiger partial charge in [0.15, 0.2) is 0 Å². The number of alkyl halides is 5. The minimum atomic E-state index is -5.11. The SMILES string of the molecule is O=C(c1cc(Br)cc([N+](=O)[O-])c1N[C@H]1CN(C(=O)c2cc(=O)[nH]c3ccccc23)CC1(F)F)N1CCN(C(=O)C(F)(F)F)CC1. The lowest BCUT2D eigenvalue weighted by Crippen LogP contribution is -2.53. The third-order valence-electron chi connectivity index (χ3n) is 7.51. The van der Waals surface area contributed by atoms with Crippen LogP contribution in [0, 0.1) is 10.1 Å². The lowest BCUT2D eigenvalue weighted by atomic mass is 10.1. The van der Waals surface area contributed by atoms with Crippen molar-refractivity contribution in [3.05, 3.63) is 78.5 Å². The number of carbonyl (C=O) groups excluding carboxylic acids is 3. The molecular formula is C27H22BrF5N6O6. The fraction of sp³-hybridized carbons (Fsp3) is 0.333. The summed E-state index contributed by atoms with van der Waals surface area (Å²) in [5.41, 5.74) is -2.20. The van der Waals surface area contributed by atoms with Crippen LogP contribution in [-0.2, 0) is 4.79 Å². The number of likely N-dealkylation sites (tertiary alicyclic amines) is 1. The number of carbonyl (C=O) groups is 3. The van der Waals surface area contributed by atoms with Gasteiger partial charge in [0.25, 0.3) is 23.4 Å². The van der Waals surface area contributed by atoms with E-state index in [4.69, 9.17) is 0 Å². The maximum absolute atomic E-state index is 15.4. The number of anilines is 1. The number of aromatic amines is 1. The maximum atomic E-state index is 15.4. The third-order valence-corrected chi connectivity index (χ3v) is 7.97. The monoisotopic (exact) mass is 700 g/mol. The van der Waals surface area contributed by atoms with Crippen molar-refractivity contribution < 1.29 is 41.3 Å². The number of pyridine rings is 1. The first kappa shape index (κ1) is 31.8. The average Bonchev–Trinajstić information content (AvgIpc) is 3.29. The van der Waals surface area contributed by atoms with Gasteiger partial charge in [0.05, 0.1) is 22.6 Å². The molecule has 2 fully saturated rings. The fourth-order valence-electron chi connectivity index (χ4n) is 5.33. The molecule has 0 saturated carbocycles. The first-order valence-corrected chi connectivity index (χ1v) is 14.0. The highest BCUT2D eigenvalue weighted by molar-refractivity contribution is 9.10. The van der Waals surface area contributed by atoms with E-state index in [1.165, 1.54) is 12.1 Å². The molecule has 0 bridgehead atoms. The molecule has 12 nitrogen and oxygen atoms in total. The summed E-state index contributed by atoms with van der Waals surface area (Å²) in [5, 5.41) is 14.7. The van der Waals surface area contributed by atoms with Crippen molar-refractivity contribution in [1.82, 2.24) is 19.7 Å². The number of fused-ring (bicyclic) bond motifs is 1. The molecule has 3 heterocycles. The number of nitrogens with zero attached hydrogens (tertiary/aromatic N) is 4. The molecule has 0 spiro atoms. The normalized spacial score (nSPS) is 18.3. The van der Waals surface area contributed by atoms with Crippen molar-refractivity contribution in [2.75, 3.05) is 44.6 Å². The van der Waals surface area contributed by atoms with Crippen LogP contribution >= 0.6 is 15.9 Å². The average molecular weight is 701 g/mol. The van der Waals surface area contributed by atoms with E-state index in [0.717, 1.165) is 28.0 Å². The van der Waals surface area contributed by atoms with Crippen LogP contribution in [0.2, 0.25) is 0 Å². The first-order chi connectivity index (χ1) is 21.1. The number of rotatable bonds is 5. The van der Waals surface area contributed by atoms with E-state index >= 15 is 8.78 Å². The summed E-state index contributed by atoms with van der Waals surface area (Å²) < 4.78 is 69.4. The van der Waals surface area contributed by atoms with Gasteiger partial charge >= 0.3 is 12.1 Å². The van der Waals surface area contributed by atoms with Crippen molar-refractivity contribution in [1.29, 1.82) is 0 Å². The second-order valence-electron chi connectivity index (χ2n) is 10.4. The summed E-state index contributed by atoms with van der Waals surface area (Å²) in [6, 6.07) is 7.48. The Bertz CT molecular complexity index is 1780. The number of halogens is 6. The van der Waals surface area contributed by atoms with Gasteiger partial charge in [0, 0.05) is 60.2 Å². The van der Waals surface area contributed by atoms with Gasteiger partial charge in [-0.2, -0.15) is 13.2 Å². The Morgan fingerprint density at radius 1 is 0.978 bits per heavy atom. The number of nitro groups is 1. The molecule has 3 aromatic rings. The topological polar surface area (TPSA) is 149 Å². The first-order valence-electron chi connectivity index (χ1n) is 13.3. The molecule has 0 unspecified atom stereocenters. The van der Waals surface area contributed by atoms with Crippen LogP contribution in [-0.4, -0.2) is 99.7 Å². The maximum Gasteiger partial charge on any atom is 0.471 e. The number of H-pyrrole nitrogens is 1. The molecule has 45 heavy (non-hydrogen) atoms. The Balaban J connectivity index is 1.42. The lowest BCUT2D eigenvalue weighted by Gasteiger charge is -2.35. The number of aromatic nitrogens is 1. The van der Waals surface area contributed by atoms with Crippen LogP contribution in [0.5, 0.6) is 0 Å². The van der Waals surface area contributed by atoms with E-state index in [0.29, 0.717) is 15.8 Å². The highest BCUT2D eigenvalue weighted by Crippen LogP contribution is 2.38. The minimum Gasteiger partial charge on any atom is -0.369 e. The van der Waals surface area contributed by atoms with E-state index < -0.39 is 89.5 Å². The molecular weight excluding hydrogens is 679 g/mol. The Morgan fingerprint density at radius 2 is 1.60 bits per heavy atom. The molecule has 3 amide bonds. The van der Waals surface area contributed by atoms with Crippen molar-refractivity contribution >= 4 is 55.9 Å². The van der Waals surface area contributed by atoms with Gasteiger partial charge in [-0.1, -0.05) is 34.1 Å². The number of para-hydroxylation sites is 1. The Hall–Kier alpha value is -4.61. The minimum absolute atomic E-state index is 0.0464. The predicted octanol–water partition coefficient (Wildman–Crippen LogP) is 3.62. The Labute approximate surface area is 258 Å². The van der Waals surface area contributed by atoms with E-state index in [9.17, 15) is 42.5 Å². The zero-order chi connectivity index (χ0) is 32.8. The molecule has 2 aliphatic rings. The highest BCUT2D eigenvalue weighted by Gasteiger charge is 2.51. The number of hydrogen-bond donors (Lipinski definition) is 2. The standard InChI is InChI=1S/C27H22BrF5N6O6/c28-14-9-17(24(42)36-5-7-37(8-6-36)25(43)27(31,32)33)22(19(10-14)39(44)45)35-20-12-38(13-26(20,29)30)23(41)16-11-21(40)34-18-4-2-1-3-15(16)18/h1-4,9-11,20,35H,5-8,12-13H2,(H,34,40)/t20-/m0/s1. The molecule has 2 aliphatic heterocycles. The summed E-state index contributed by atoms with van der Waals surface area (Å²) in [6.45, 7) is -3.42. The summed E-state index contributed by atoms with van der Waals surface area (Å²) in [5.74, 6) is -7.53. The predicted molar refractivity (Wildman–Crippen MR) is 152 cm³/mol. The molecule has 18 heteroatoms.